The lowest BCUT2D eigenvalue weighted by molar-refractivity contribution is -0.201. The third-order valence-corrected chi connectivity index (χ3v) is 21.7. The number of benzene rings is 3. The van der Waals surface area contributed by atoms with E-state index >= 15 is 0 Å². The first-order chi connectivity index (χ1) is 51.8. The van der Waals surface area contributed by atoms with E-state index in [9.17, 15) is 53.1 Å². The Balaban J connectivity index is 0.625. The minimum atomic E-state index is -1.40. The molecule has 2 aliphatic heterocycles. The summed E-state index contributed by atoms with van der Waals surface area (Å²) in [7, 11) is 1.48. The number of para-hydroxylation sites is 1. The molecule has 9 amide bonds. The Morgan fingerprint density at radius 2 is 1.47 bits per heavy atom. The molecule has 3 aromatic rings. The van der Waals surface area contributed by atoms with E-state index in [1.165, 1.54) is 18.9 Å². The van der Waals surface area contributed by atoms with Crippen LogP contribution in [-0.2, 0) is 89.4 Å². The molecule has 588 valence electrons. The number of allylic oxidation sites excluding steroid dienone is 5. The molecule has 28 nitrogen and oxygen atoms in total. The van der Waals surface area contributed by atoms with Crippen LogP contribution in [0.1, 0.15) is 141 Å². The van der Waals surface area contributed by atoms with E-state index in [0.29, 0.717) is 63.3 Å². The van der Waals surface area contributed by atoms with Crippen molar-refractivity contribution in [3.63, 3.8) is 0 Å². The Bertz CT molecular complexity index is 3770. The third kappa shape index (κ3) is 21.0. The molecule has 0 bridgehead atoms. The SMILES string of the molecule is CCCC1O[C@@H]2C[C@H]3[C@@H]4CCC5=CC(=O)C=C[C@]5(C)[C@H]4[C@@H](O)C[C@]3(C)[C@]2(C(=O)COCN(C)C(=O)[C@H](C)NC(=O)OCc2ccc(NC(=O)[C@H](CCCNC(N)=O)NC(=O)[C@@H](NC(=O)CCOCCOCCOCCOCCNC(=O)CCC(=O)N3Cc4ccccc4/C=C(/C)c4ccccc43)C(C)C)cc2)O1. The first kappa shape index (κ1) is 83.3. The monoisotopic (exact) mass is 1500 g/mol. The lowest BCUT2D eigenvalue weighted by atomic mass is 9.46. The van der Waals surface area contributed by atoms with Gasteiger partial charge in [0.2, 0.25) is 35.4 Å². The summed E-state index contributed by atoms with van der Waals surface area (Å²) in [5.41, 5.74) is 9.40. The summed E-state index contributed by atoms with van der Waals surface area (Å²) in [4.78, 5) is 135. The number of anilines is 2. The molecule has 6 aliphatic rings. The van der Waals surface area contributed by atoms with Gasteiger partial charge in [-0.25, -0.2) is 9.59 Å². The molecule has 3 aromatic carbocycles. The number of urea groups is 1. The zero-order chi connectivity index (χ0) is 77.7. The normalized spacial score (nSPS) is 24.4. The number of alkyl carbamates (subject to hydrolysis) is 1. The zero-order valence-corrected chi connectivity index (χ0v) is 63.5. The number of rotatable bonds is 39. The fourth-order valence-electron chi connectivity index (χ4n) is 16.2. The largest absolute Gasteiger partial charge is 0.445 e. The summed E-state index contributed by atoms with van der Waals surface area (Å²) < 4.78 is 47.0. The molecule has 4 fully saturated rings. The van der Waals surface area contributed by atoms with Crippen molar-refractivity contribution in [3.05, 3.63) is 119 Å². The molecule has 3 saturated carbocycles. The van der Waals surface area contributed by atoms with E-state index in [1.54, 1.807) is 55.2 Å². The molecule has 9 N–H and O–H groups in total. The first-order valence-corrected chi connectivity index (χ1v) is 37.8. The van der Waals surface area contributed by atoms with Gasteiger partial charge in [-0.1, -0.05) is 113 Å². The lowest BCUT2D eigenvalue weighted by Crippen LogP contribution is -2.63. The second-order valence-electron chi connectivity index (χ2n) is 29.6. The molecule has 0 radical (unpaired) electrons. The number of hydrogen-bond donors (Lipinski definition) is 8. The number of Topliss-reactive ketones (excluding diaryl/α,β-unsaturated/α-hetero) is 1. The van der Waals surface area contributed by atoms with Crippen LogP contribution in [0.15, 0.2) is 96.6 Å². The summed E-state index contributed by atoms with van der Waals surface area (Å²) in [6, 6.07) is 18.2. The minimum absolute atomic E-state index is 0.0207. The molecule has 0 spiro atoms. The first-order valence-electron chi connectivity index (χ1n) is 37.8. The highest BCUT2D eigenvalue weighted by atomic mass is 16.7. The number of ketones is 2. The van der Waals surface area contributed by atoms with Crippen LogP contribution in [0.4, 0.5) is 21.0 Å². The number of nitrogens with zero attached hydrogens (tertiary/aromatic N) is 2. The van der Waals surface area contributed by atoms with Crippen LogP contribution >= 0.6 is 0 Å². The van der Waals surface area contributed by atoms with E-state index in [2.05, 4.69) is 44.9 Å². The third-order valence-electron chi connectivity index (χ3n) is 21.7. The topological polar surface area (TPSA) is 369 Å². The Kier molecular flexibility index (Phi) is 30.1. The predicted molar refractivity (Wildman–Crippen MR) is 400 cm³/mol. The second-order valence-corrected chi connectivity index (χ2v) is 29.6. The van der Waals surface area contributed by atoms with E-state index in [1.807, 2.05) is 75.4 Å². The van der Waals surface area contributed by atoms with Gasteiger partial charge in [-0.2, -0.15) is 0 Å². The van der Waals surface area contributed by atoms with E-state index in [-0.39, 0.29) is 139 Å². The van der Waals surface area contributed by atoms with Gasteiger partial charge in [-0.3, -0.25) is 38.4 Å². The van der Waals surface area contributed by atoms with Crippen molar-refractivity contribution in [2.24, 2.45) is 40.2 Å². The quantitative estimate of drug-likeness (QED) is 0.0212. The molecule has 4 aliphatic carbocycles. The molecule has 108 heavy (non-hydrogen) atoms. The van der Waals surface area contributed by atoms with Gasteiger partial charge in [-0.15, -0.1) is 0 Å². The number of nitrogens with two attached hydrogens (primary N) is 1. The van der Waals surface area contributed by atoms with Gasteiger partial charge in [0.15, 0.2) is 23.5 Å². The highest BCUT2D eigenvalue weighted by molar-refractivity contribution is 6.02. The van der Waals surface area contributed by atoms with Crippen LogP contribution in [0, 0.1) is 34.5 Å². The predicted octanol–water partition coefficient (Wildman–Crippen LogP) is 6.94. The number of likely N-dealkylation sites (N-methyl/N-ethyl adjacent to an activating group) is 1. The van der Waals surface area contributed by atoms with Crippen LogP contribution in [0.25, 0.3) is 11.6 Å². The Morgan fingerprint density at radius 1 is 0.778 bits per heavy atom. The number of ether oxygens (including phenoxy) is 8. The standard InChI is InChI=1S/C80H109N9O19/c1-9-15-70-107-66-44-61-60-26-23-56-43-58(90)29-31-78(56,6)71(60)64(91)45-79(61,7)80(66,108-70)65(92)48-105-49-88(8)75(98)52(5)84-77(100)106-47-53-21-24-57(25-22-53)85-73(96)62(19-14-32-83-76(81)99)86-74(97)72(50(2)3)87-68(94)30-34-101-36-38-103-40-41-104-39-37-102-35-33-82-67(93)27-28-69(95)89-46-55-17-11-10-16-54(55)42-51(4)59-18-12-13-20-63(59)89/h10-13,16-18,20-22,24-25,29,31,42-43,50,52,60-62,64,66,70-72,91H,9,14-15,19,23,26-28,30,32-41,44-49H2,1-8H3,(H,82,93)(H,84,100)(H,85,96)(H,86,97)(H,87,94)(H3,81,83,99)/b51-42-/t52-,60-,61-,62-,64-,66+,70?,71+,72-,78-,79-,80+/m0/s1. The van der Waals surface area contributed by atoms with Crippen molar-refractivity contribution >= 4 is 82.2 Å². The number of carbonyl (C=O) groups excluding carboxylic acids is 10. The number of aliphatic hydroxyl groups excluding tert-OH is 1. The van der Waals surface area contributed by atoms with Crippen molar-refractivity contribution in [1.82, 2.24) is 31.5 Å². The Labute approximate surface area is 632 Å². The molecule has 1 saturated heterocycles. The van der Waals surface area contributed by atoms with Gasteiger partial charge in [0, 0.05) is 67.4 Å². The minimum Gasteiger partial charge on any atom is -0.445 e. The van der Waals surface area contributed by atoms with Crippen LogP contribution in [0.3, 0.4) is 0 Å². The number of hydrogen-bond acceptors (Lipinski definition) is 19. The lowest BCUT2D eigenvalue weighted by Gasteiger charge is -2.59. The Hall–Kier alpha value is -8.74. The fourth-order valence-corrected chi connectivity index (χ4v) is 16.2. The number of carbonyl (C=O) groups is 10. The van der Waals surface area contributed by atoms with Crippen LogP contribution in [-0.4, -0.2) is 198 Å². The van der Waals surface area contributed by atoms with Crippen LogP contribution in [0.5, 0.6) is 0 Å². The molecular formula is C80H109N9O19. The van der Waals surface area contributed by atoms with E-state index < -0.39 is 95.4 Å². The second kappa shape index (κ2) is 39.1. The van der Waals surface area contributed by atoms with Crippen molar-refractivity contribution in [1.29, 1.82) is 0 Å². The highest BCUT2D eigenvalue weighted by Crippen LogP contribution is 2.70. The molecule has 1 unspecified atom stereocenters. The number of aliphatic hydroxyl groups is 1. The summed E-state index contributed by atoms with van der Waals surface area (Å²) in [6.45, 7) is 15.0. The van der Waals surface area contributed by atoms with Gasteiger partial charge in [0.25, 0.3) is 0 Å². The number of fused-ring (bicyclic) bond motifs is 9. The van der Waals surface area contributed by atoms with Gasteiger partial charge in [0.05, 0.1) is 77.3 Å². The van der Waals surface area contributed by atoms with Crippen molar-refractivity contribution in [2.45, 2.75) is 174 Å². The zero-order valence-electron chi connectivity index (χ0n) is 63.5. The molecular weight excluding hydrogens is 1390 g/mol. The van der Waals surface area contributed by atoms with Crippen LogP contribution in [0.2, 0.25) is 0 Å². The summed E-state index contributed by atoms with van der Waals surface area (Å²) >= 11 is 0. The number of nitrogens with one attached hydrogen (secondary N) is 6. The molecule has 12 atom stereocenters. The van der Waals surface area contributed by atoms with Gasteiger partial charge >= 0.3 is 12.1 Å². The van der Waals surface area contributed by atoms with Crippen molar-refractivity contribution in [2.75, 3.05) is 96.5 Å². The Morgan fingerprint density at radius 3 is 2.19 bits per heavy atom. The van der Waals surface area contributed by atoms with Crippen molar-refractivity contribution in [3.8, 4) is 0 Å². The van der Waals surface area contributed by atoms with E-state index in [4.69, 9.17) is 43.6 Å². The average molecular weight is 1500 g/mol. The molecule has 0 aromatic heterocycles. The van der Waals surface area contributed by atoms with Crippen molar-refractivity contribution < 1.29 is 90.9 Å². The van der Waals surface area contributed by atoms with Gasteiger partial charge in [0.1, 0.15) is 38.1 Å². The fraction of sp³-hybridized carbons (Fsp3) is 0.575. The van der Waals surface area contributed by atoms with Gasteiger partial charge in [-0.05, 0) is 129 Å². The summed E-state index contributed by atoms with van der Waals surface area (Å²) in [6.07, 6.45) is 8.60. The van der Waals surface area contributed by atoms with Crippen LogP contribution < -0.4 is 42.5 Å². The average Bonchev–Trinajstić information content (AvgIpc) is 1.50. The number of primary amides is 1. The summed E-state index contributed by atoms with van der Waals surface area (Å²) in [5.74, 6) is -3.45. The molecule has 28 heteroatoms. The maximum absolute atomic E-state index is 14.7. The maximum Gasteiger partial charge on any atom is 0.408 e. The van der Waals surface area contributed by atoms with E-state index in [0.717, 1.165) is 46.4 Å². The molecule has 9 rings (SSSR count). The highest BCUT2D eigenvalue weighted by Gasteiger charge is 2.76. The molecule has 2 heterocycles. The number of amides is 9. The summed E-state index contributed by atoms with van der Waals surface area (Å²) in [5, 5.41) is 28.2. The van der Waals surface area contributed by atoms with Gasteiger partial charge < -0.3 is 90.4 Å². The maximum atomic E-state index is 14.7. The smallest absolute Gasteiger partial charge is 0.408 e.